The molecule has 0 radical (unpaired) electrons. The van der Waals surface area contributed by atoms with Gasteiger partial charge < -0.3 is 54.9 Å². The summed E-state index contributed by atoms with van der Waals surface area (Å²) in [5, 5.41) is 68.9. The van der Waals surface area contributed by atoms with Crippen LogP contribution in [0.1, 0.15) is 75.4 Å². The van der Waals surface area contributed by atoms with E-state index in [-0.39, 0.29) is 16.1 Å². The van der Waals surface area contributed by atoms with Gasteiger partial charge in [0.2, 0.25) is 23.1 Å². The van der Waals surface area contributed by atoms with E-state index in [1.54, 1.807) is 6.92 Å². The van der Waals surface area contributed by atoms with E-state index >= 15 is 0 Å². The third-order valence-electron chi connectivity index (χ3n) is 10.2. The summed E-state index contributed by atoms with van der Waals surface area (Å²) in [6, 6.07) is 0.743. The lowest BCUT2D eigenvalue weighted by molar-refractivity contribution is -0.236. The number of Topliss-reactive ketones (excluding diaryl/α,β-unsaturated/α-hetero) is 4. The van der Waals surface area contributed by atoms with Gasteiger partial charge in [-0.3, -0.25) is 19.2 Å². The monoisotopic (exact) mass is 751 g/mol. The Morgan fingerprint density at radius 3 is 2.16 bits per heavy atom. The fourth-order valence-electron chi connectivity index (χ4n) is 7.81. The fourth-order valence-corrected chi connectivity index (χ4v) is 8.31. The summed E-state index contributed by atoms with van der Waals surface area (Å²) in [5.41, 5.74) is -12.4. The molecule has 0 bridgehead atoms. The van der Waals surface area contributed by atoms with E-state index in [1.807, 2.05) is 0 Å². The molecule has 8 unspecified atom stereocenters. The summed E-state index contributed by atoms with van der Waals surface area (Å²) in [4.78, 5) is 69.0. The molecular formula is C33H31Cl2NO15. The van der Waals surface area contributed by atoms with Gasteiger partial charge >= 0.3 is 5.97 Å². The molecule has 272 valence electrons. The first kappa shape index (κ1) is 36.8. The van der Waals surface area contributed by atoms with Crippen molar-refractivity contribution < 1.29 is 73.6 Å². The van der Waals surface area contributed by atoms with Crippen LogP contribution in [0.4, 0.5) is 0 Å². The fraction of sp³-hybridized carbons (Fsp3) is 0.424. The van der Waals surface area contributed by atoms with Crippen molar-refractivity contribution in [1.29, 1.82) is 0 Å². The minimum absolute atomic E-state index is 0.173. The number of phenolic OH excluding ortho intramolecular Hbond substituents is 1. The van der Waals surface area contributed by atoms with Gasteiger partial charge in [0.15, 0.2) is 17.4 Å². The normalized spacial score (nSPS) is 31.6. The average Bonchev–Trinajstić information content (AvgIpc) is 3.06. The summed E-state index contributed by atoms with van der Waals surface area (Å²) in [7, 11) is 3.43. The molecule has 1 fully saturated rings. The molecule has 8 atom stereocenters. The van der Waals surface area contributed by atoms with Crippen LogP contribution in [0, 0.1) is 6.92 Å². The first-order valence-electron chi connectivity index (χ1n) is 15.3. The zero-order valence-electron chi connectivity index (χ0n) is 27.4. The Kier molecular flexibility index (Phi) is 8.89. The number of ketones is 4. The number of aromatic hydroxyl groups is 2. The molecule has 1 heterocycles. The lowest BCUT2D eigenvalue weighted by Crippen LogP contribution is -2.73. The van der Waals surface area contributed by atoms with Crippen molar-refractivity contribution in [3.8, 4) is 11.5 Å². The van der Waals surface area contributed by atoms with Crippen LogP contribution in [-0.2, 0) is 31.0 Å². The van der Waals surface area contributed by atoms with E-state index < -0.39 is 139 Å². The number of aliphatic hydroxyl groups is 3. The largest absolute Gasteiger partial charge is 0.507 e. The number of carbonyl (C=O) groups is 5. The molecule has 1 aliphatic heterocycles. The molecule has 16 nitrogen and oxygen atoms in total. The maximum Gasteiger partial charge on any atom is 0.339 e. The Morgan fingerprint density at radius 1 is 0.961 bits per heavy atom. The number of carboxylic acid groups (broad SMARTS) is 1. The van der Waals surface area contributed by atoms with Crippen molar-refractivity contribution in [3.05, 3.63) is 66.3 Å². The van der Waals surface area contributed by atoms with E-state index in [9.17, 15) is 54.6 Å². The highest BCUT2D eigenvalue weighted by Crippen LogP contribution is 2.58. The highest BCUT2D eigenvalue weighted by Gasteiger charge is 2.73. The van der Waals surface area contributed by atoms with Gasteiger partial charge in [-0.15, -0.1) is 0 Å². The topological polar surface area (TPSA) is 256 Å². The number of allylic oxidation sites excluding steroid dienone is 2. The number of ether oxygens (including phenoxy) is 4. The number of methoxy groups -OCH3 is 3. The van der Waals surface area contributed by atoms with Crippen LogP contribution in [0.3, 0.4) is 0 Å². The molecular weight excluding hydrogens is 721 g/mol. The van der Waals surface area contributed by atoms with Crippen molar-refractivity contribution >= 4 is 52.3 Å². The number of hydrogen-bond acceptors (Lipinski definition) is 15. The quantitative estimate of drug-likeness (QED) is 0.216. The molecule has 2 aromatic carbocycles. The van der Waals surface area contributed by atoms with Crippen molar-refractivity contribution in [2.45, 2.75) is 68.2 Å². The number of phenols is 2. The molecule has 1 saturated heterocycles. The minimum Gasteiger partial charge on any atom is -0.507 e. The predicted molar refractivity (Wildman–Crippen MR) is 172 cm³/mol. The zero-order valence-corrected chi connectivity index (χ0v) is 28.9. The Hall–Kier alpha value is -3.97. The molecule has 0 amide bonds. The number of carboxylic acids is 1. The van der Waals surface area contributed by atoms with Crippen molar-refractivity contribution in [2.24, 2.45) is 0 Å². The number of benzene rings is 2. The Bertz CT molecular complexity index is 2010. The highest BCUT2D eigenvalue weighted by atomic mass is 35.5. The van der Waals surface area contributed by atoms with Crippen LogP contribution in [-0.4, -0.2) is 123 Å². The van der Waals surface area contributed by atoms with Gasteiger partial charge in [-0.25, -0.2) is 4.79 Å². The van der Waals surface area contributed by atoms with Gasteiger partial charge in [0, 0.05) is 49.5 Å². The van der Waals surface area contributed by atoms with Crippen molar-refractivity contribution in [1.82, 2.24) is 5.32 Å². The van der Waals surface area contributed by atoms with E-state index in [2.05, 4.69) is 5.32 Å². The molecule has 0 spiro atoms. The Balaban J connectivity index is 1.55. The van der Waals surface area contributed by atoms with Crippen LogP contribution in [0.25, 0.3) is 0 Å². The molecule has 0 aromatic heterocycles. The second-order valence-corrected chi connectivity index (χ2v) is 13.3. The number of aliphatic hydroxyl groups excluding tert-OH is 2. The molecule has 0 saturated carbocycles. The summed E-state index contributed by atoms with van der Waals surface area (Å²) >= 11 is 12.8. The number of halogens is 2. The molecule has 4 aliphatic rings. The van der Waals surface area contributed by atoms with Crippen LogP contribution >= 0.6 is 23.2 Å². The van der Waals surface area contributed by atoms with Gasteiger partial charge in [0.1, 0.15) is 46.1 Å². The number of hydrogen-bond donors (Lipinski definition) is 7. The van der Waals surface area contributed by atoms with Crippen molar-refractivity contribution in [3.63, 3.8) is 0 Å². The SMILES string of the molecule is COC1C(C)OC(NC2=C(Cl)C(=O)c3c(cc4c(c3O)C(=O)C3(OC)C(O)Cc5c(Cl)c(C)c(C(=O)O)c(O)c5C3(O)C4=O)C2=O)C(OC)C1O. The van der Waals surface area contributed by atoms with E-state index in [1.165, 1.54) is 21.1 Å². The molecule has 7 N–H and O–H groups in total. The Morgan fingerprint density at radius 2 is 1.59 bits per heavy atom. The first-order chi connectivity index (χ1) is 23.9. The minimum atomic E-state index is -3.41. The lowest BCUT2D eigenvalue weighted by Gasteiger charge is -2.53. The summed E-state index contributed by atoms with van der Waals surface area (Å²) in [6.45, 7) is 2.81. The second kappa shape index (κ2) is 12.3. The maximum atomic E-state index is 14.6. The Labute approximate surface area is 298 Å². The number of carbonyl (C=O) groups excluding carboxylic acids is 4. The van der Waals surface area contributed by atoms with E-state index in [0.717, 1.165) is 13.2 Å². The van der Waals surface area contributed by atoms with Crippen molar-refractivity contribution in [2.75, 3.05) is 21.3 Å². The molecule has 2 aromatic rings. The number of fused-ring (bicyclic) bond motifs is 5. The summed E-state index contributed by atoms with van der Waals surface area (Å²) in [6.07, 6.45) is -8.12. The van der Waals surface area contributed by atoms with Crippen LogP contribution in [0.15, 0.2) is 16.8 Å². The van der Waals surface area contributed by atoms with Crippen LogP contribution < -0.4 is 5.32 Å². The van der Waals surface area contributed by atoms with Gasteiger partial charge in [0.05, 0.1) is 23.3 Å². The van der Waals surface area contributed by atoms with Crippen LogP contribution in [0.2, 0.25) is 5.02 Å². The van der Waals surface area contributed by atoms with Gasteiger partial charge in [-0.1, -0.05) is 23.2 Å². The number of aromatic carboxylic acids is 1. The lowest BCUT2D eigenvalue weighted by atomic mass is 9.56. The first-order valence-corrected chi connectivity index (χ1v) is 16.0. The maximum absolute atomic E-state index is 14.6. The average molecular weight is 753 g/mol. The third kappa shape index (κ3) is 4.55. The van der Waals surface area contributed by atoms with Gasteiger partial charge in [-0.2, -0.15) is 0 Å². The molecule has 51 heavy (non-hydrogen) atoms. The standard InChI is InChI=1S/C33H31Cl2NO15/c1-8-14(31(45)46)23(40)17-12(18(8)34)7-13(37)33(50-5)29(44)16-11(28(43)32(17,33)47)6-10-15(22(16)39)24(41)19(35)20(21(10)38)36-30-27(49-4)25(42)26(48-3)9(2)51-30/h6,9,13,25-27,30,36-37,39-40,42,47H,7H2,1-5H3,(H,45,46). The second-order valence-electron chi connectivity index (χ2n) is 12.6. The number of rotatable bonds is 6. The number of nitrogens with one attached hydrogen (secondary N) is 1. The zero-order chi connectivity index (χ0) is 37.8. The molecule has 3 aliphatic carbocycles. The van der Waals surface area contributed by atoms with E-state index in [4.69, 9.17) is 42.1 Å². The predicted octanol–water partition coefficient (Wildman–Crippen LogP) is 0.882. The smallest absolute Gasteiger partial charge is 0.339 e. The molecule has 6 rings (SSSR count). The van der Waals surface area contributed by atoms with Crippen LogP contribution in [0.5, 0.6) is 11.5 Å². The highest BCUT2D eigenvalue weighted by molar-refractivity contribution is 6.50. The summed E-state index contributed by atoms with van der Waals surface area (Å²) in [5.74, 6) is -9.34. The third-order valence-corrected chi connectivity index (χ3v) is 11.1. The summed E-state index contributed by atoms with van der Waals surface area (Å²) < 4.78 is 21.9. The molecule has 18 heteroatoms. The van der Waals surface area contributed by atoms with Gasteiger partial charge in [-0.05, 0) is 31.0 Å². The van der Waals surface area contributed by atoms with Gasteiger partial charge in [0.25, 0.3) is 0 Å². The van der Waals surface area contributed by atoms with E-state index in [0.29, 0.717) is 0 Å².